The van der Waals surface area contributed by atoms with Gasteiger partial charge in [-0.3, -0.25) is 4.79 Å². The lowest BCUT2D eigenvalue weighted by Crippen LogP contribution is -2.43. The van der Waals surface area contributed by atoms with Crippen LogP contribution in [0.3, 0.4) is 0 Å². The molecule has 156 valence electrons. The summed E-state index contributed by atoms with van der Waals surface area (Å²) in [6.45, 7) is 0.783. The van der Waals surface area contributed by atoms with E-state index in [1.807, 2.05) is 47.4 Å². The van der Waals surface area contributed by atoms with E-state index >= 15 is 0 Å². The summed E-state index contributed by atoms with van der Waals surface area (Å²) in [7, 11) is 0. The Morgan fingerprint density at radius 1 is 1.21 bits per heavy atom. The highest BCUT2D eigenvalue weighted by atomic mass is 16.3. The summed E-state index contributed by atoms with van der Waals surface area (Å²) >= 11 is 0. The van der Waals surface area contributed by atoms with Gasteiger partial charge in [-0.05, 0) is 31.2 Å². The Balaban J connectivity index is 1.41. The summed E-state index contributed by atoms with van der Waals surface area (Å²) in [5.41, 5.74) is 1.11. The van der Waals surface area contributed by atoms with E-state index in [0.717, 1.165) is 62.9 Å². The molecule has 3 rings (SSSR count). The van der Waals surface area contributed by atoms with Crippen molar-refractivity contribution in [3.8, 4) is 0 Å². The lowest BCUT2D eigenvalue weighted by Gasteiger charge is -2.34. The van der Waals surface area contributed by atoms with E-state index in [1.165, 1.54) is 0 Å². The van der Waals surface area contributed by atoms with Gasteiger partial charge in [-0.25, -0.2) is 0 Å². The molecule has 1 aliphatic rings. The Bertz CT molecular complexity index is 748. The zero-order valence-corrected chi connectivity index (χ0v) is 16.9. The summed E-state index contributed by atoms with van der Waals surface area (Å²) in [5.74, 6) is 0.991. The second-order valence-electron chi connectivity index (χ2n) is 7.68. The first kappa shape index (κ1) is 21.2. The van der Waals surface area contributed by atoms with Crippen molar-refractivity contribution >= 4 is 5.91 Å². The predicted molar refractivity (Wildman–Crippen MR) is 111 cm³/mol. The van der Waals surface area contributed by atoms with Crippen molar-refractivity contribution in [1.29, 1.82) is 0 Å². The molecule has 2 atom stereocenters. The molecular formula is C22H31N5O2. The van der Waals surface area contributed by atoms with Crippen LogP contribution in [0.1, 0.15) is 56.3 Å². The molecule has 1 aromatic heterocycles. The minimum Gasteiger partial charge on any atom is -0.389 e. The predicted octanol–water partition coefficient (Wildman–Crippen LogP) is 2.84. The van der Waals surface area contributed by atoms with Crippen molar-refractivity contribution in [1.82, 2.24) is 25.5 Å². The number of unbranched alkanes of at least 4 members (excludes halogenated alkanes) is 3. The standard InChI is InChI=1S/C22H31N5O2/c28-20(17-18-9-4-3-5-10-18)15-14-19-11-8-13-22(29)27(19)16-7-2-1-6-12-21-23-25-26-24-21/h3-5,9-10,14-15,19-20,28H,1-2,6-8,11-13,16-17H2,(H,23,24,25,26)/b15-14+/t19-,20?/m1/s1. The highest BCUT2D eigenvalue weighted by Gasteiger charge is 2.25. The molecular weight excluding hydrogens is 366 g/mol. The number of benzene rings is 1. The fourth-order valence-electron chi connectivity index (χ4n) is 3.82. The number of aromatic amines is 1. The molecule has 2 heterocycles. The monoisotopic (exact) mass is 397 g/mol. The minimum absolute atomic E-state index is 0.0982. The fourth-order valence-corrected chi connectivity index (χ4v) is 3.82. The van der Waals surface area contributed by atoms with Gasteiger partial charge in [-0.1, -0.05) is 60.5 Å². The van der Waals surface area contributed by atoms with E-state index in [2.05, 4.69) is 20.6 Å². The van der Waals surface area contributed by atoms with Crippen LogP contribution in [0.25, 0.3) is 0 Å². The largest absolute Gasteiger partial charge is 0.389 e. The highest BCUT2D eigenvalue weighted by Crippen LogP contribution is 2.21. The summed E-state index contributed by atoms with van der Waals surface area (Å²) in [4.78, 5) is 14.4. The lowest BCUT2D eigenvalue weighted by atomic mass is 9.99. The van der Waals surface area contributed by atoms with E-state index in [-0.39, 0.29) is 11.9 Å². The number of aliphatic hydroxyl groups is 1. The van der Waals surface area contributed by atoms with Gasteiger partial charge in [0.1, 0.15) is 0 Å². The number of piperidine rings is 1. The third-order valence-corrected chi connectivity index (χ3v) is 5.39. The molecule has 29 heavy (non-hydrogen) atoms. The van der Waals surface area contributed by atoms with E-state index in [4.69, 9.17) is 0 Å². The van der Waals surface area contributed by atoms with Crippen LogP contribution in [-0.4, -0.2) is 55.2 Å². The van der Waals surface area contributed by atoms with Crippen molar-refractivity contribution in [2.75, 3.05) is 6.54 Å². The number of aryl methyl sites for hydroxylation is 1. The molecule has 0 bridgehead atoms. The smallest absolute Gasteiger partial charge is 0.223 e. The van der Waals surface area contributed by atoms with Crippen molar-refractivity contribution in [2.45, 2.75) is 69.9 Å². The molecule has 1 amide bonds. The van der Waals surface area contributed by atoms with Gasteiger partial charge in [-0.2, -0.15) is 5.21 Å². The number of nitrogens with one attached hydrogen (secondary N) is 1. The molecule has 0 aliphatic carbocycles. The molecule has 1 fully saturated rings. The SMILES string of the molecule is O=C1CCC[C@H](/C=C/C(O)Cc2ccccc2)N1CCCCCCc1nn[nH]n1. The van der Waals surface area contributed by atoms with Gasteiger partial charge in [0.05, 0.1) is 12.1 Å². The van der Waals surface area contributed by atoms with Crippen LogP contribution < -0.4 is 0 Å². The maximum Gasteiger partial charge on any atom is 0.223 e. The number of carbonyl (C=O) groups is 1. The molecule has 7 heteroatoms. The normalized spacial score (nSPS) is 18.4. The summed E-state index contributed by atoms with van der Waals surface area (Å²) in [6.07, 6.45) is 11.5. The summed E-state index contributed by atoms with van der Waals surface area (Å²) < 4.78 is 0. The highest BCUT2D eigenvalue weighted by molar-refractivity contribution is 5.77. The summed E-state index contributed by atoms with van der Waals surface area (Å²) in [6, 6.07) is 10.1. The number of likely N-dealkylation sites (tertiary alicyclic amines) is 1. The molecule has 0 radical (unpaired) electrons. The Morgan fingerprint density at radius 3 is 2.83 bits per heavy atom. The second kappa shape index (κ2) is 11.5. The van der Waals surface area contributed by atoms with Gasteiger partial charge in [0.2, 0.25) is 5.91 Å². The van der Waals surface area contributed by atoms with Crippen LogP contribution in [0.5, 0.6) is 0 Å². The number of hydrogen-bond donors (Lipinski definition) is 2. The number of nitrogens with zero attached hydrogens (tertiary/aromatic N) is 4. The molecule has 7 nitrogen and oxygen atoms in total. The zero-order valence-electron chi connectivity index (χ0n) is 16.9. The van der Waals surface area contributed by atoms with Crippen LogP contribution in [0.4, 0.5) is 0 Å². The third kappa shape index (κ3) is 7.09. The molecule has 1 unspecified atom stereocenters. The molecule has 0 saturated carbocycles. The molecule has 1 saturated heterocycles. The first-order valence-corrected chi connectivity index (χ1v) is 10.6. The van der Waals surface area contributed by atoms with Crippen LogP contribution in [0.2, 0.25) is 0 Å². The van der Waals surface area contributed by atoms with Crippen molar-refractivity contribution in [3.05, 3.63) is 53.9 Å². The minimum atomic E-state index is -0.526. The van der Waals surface area contributed by atoms with Gasteiger partial charge in [-0.15, -0.1) is 10.2 Å². The second-order valence-corrected chi connectivity index (χ2v) is 7.68. The number of tetrazole rings is 1. The Morgan fingerprint density at radius 2 is 2.03 bits per heavy atom. The van der Waals surface area contributed by atoms with Gasteiger partial charge < -0.3 is 10.0 Å². The van der Waals surface area contributed by atoms with Crippen LogP contribution >= 0.6 is 0 Å². The molecule has 2 N–H and O–H groups in total. The van der Waals surface area contributed by atoms with Gasteiger partial charge in [0.15, 0.2) is 5.82 Å². The summed E-state index contributed by atoms with van der Waals surface area (Å²) in [5, 5.41) is 24.3. The van der Waals surface area contributed by atoms with Gasteiger partial charge >= 0.3 is 0 Å². The number of aromatic nitrogens is 4. The number of amides is 1. The molecule has 0 spiro atoms. The molecule has 2 aromatic rings. The van der Waals surface area contributed by atoms with E-state index in [9.17, 15) is 9.90 Å². The maximum absolute atomic E-state index is 12.4. The van der Waals surface area contributed by atoms with E-state index in [1.54, 1.807) is 0 Å². The van der Waals surface area contributed by atoms with Crippen LogP contribution in [0.15, 0.2) is 42.5 Å². The quantitative estimate of drug-likeness (QED) is 0.449. The van der Waals surface area contributed by atoms with Crippen LogP contribution in [0, 0.1) is 0 Å². The van der Waals surface area contributed by atoms with Crippen molar-refractivity contribution in [2.24, 2.45) is 0 Å². The lowest BCUT2D eigenvalue weighted by molar-refractivity contribution is -0.135. The van der Waals surface area contributed by atoms with Gasteiger partial charge in [0.25, 0.3) is 0 Å². The van der Waals surface area contributed by atoms with Gasteiger partial charge in [0, 0.05) is 25.8 Å². The number of hydrogen-bond acceptors (Lipinski definition) is 5. The van der Waals surface area contributed by atoms with E-state index < -0.39 is 6.10 Å². The zero-order chi connectivity index (χ0) is 20.3. The topological polar surface area (TPSA) is 95.0 Å². The Kier molecular flexibility index (Phi) is 8.37. The fraction of sp³-hybridized carbons (Fsp3) is 0.545. The van der Waals surface area contributed by atoms with E-state index in [0.29, 0.717) is 12.8 Å². The average molecular weight is 398 g/mol. The number of aliphatic hydroxyl groups excluding tert-OH is 1. The first-order chi connectivity index (χ1) is 14.2. The maximum atomic E-state index is 12.4. The number of rotatable bonds is 11. The van der Waals surface area contributed by atoms with Crippen molar-refractivity contribution in [3.63, 3.8) is 0 Å². The Hall–Kier alpha value is -2.54. The van der Waals surface area contributed by atoms with Crippen molar-refractivity contribution < 1.29 is 9.90 Å². The molecule has 1 aromatic carbocycles. The number of H-pyrrole nitrogens is 1. The Labute approximate surface area is 172 Å². The van der Waals surface area contributed by atoms with Crippen LogP contribution in [-0.2, 0) is 17.6 Å². The first-order valence-electron chi connectivity index (χ1n) is 10.6. The number of carbonyl (C=O) groups excluding carboxylic acids is 1. The third-order valence-electron chi connectivity index (χ3n) is 5.39. The molecule has 1 aliphatic heterocycles. The average Bonchev–Trinajstić information content (AvgIpc) is 3.24.